The van der Waals surface area contributed by atoms with Crippen LogP contribution in [0.15, 0.2) is 60.7 Å². The summed E-state index contributed by atoms with van der Waals surface area (Å²) < 4.78 is 0. The van der Waals surface area contributed by atoms with E-state index in [9.17, 15) is 10.1 Å². The summed E-state index contributed by atoms with van der Waals surface area (Å²) in [6.45, 7) is 0.552. The van der Waals surface area contributed by atoms with Crippen molar-refractivity contribution in [3.63, 3.8) is 0 Å². The third kappa shape index (κ3) is 2.69. The first-order valence-electron chi connectivity index (χ1n) is 6.89. The van der Waals surface area contributed by atoms with E-state index in [1.807, 2.05) is 18.2 Å². The van der Waals surface area contributed by atoms with E-state index in [-0.39, 0.29) is 11.4 Å². The number of rotatable bonds is 4. The van der Waals surface area contributed by atoms with Crippen LogP contribution in [-0.2, 0) is 6.54 Å². The second-order valence-electron chi connectivity index (χ2n) is 5.03. The summed E-state index contributed by atoms with van der Waals surface area (Å²) in [5, 5.41) is 16.4. The van der Waals surface area contributed by atoms with Crippen LogP contribution in [0.2, 0.25) is 0 Å². The number of nitrogens with two attached hydrogens (primary N) is 1. The summed E-state index contributed by atoms with van der Waals surface area (Å²) in [6.07, 6.45) is 0. The van der Waals surface area contributed by atoms with Gasteiger partial charge in [0.1, 0.15) is 5.69 Å². The van der Waals surface area contributed by atoms with Crippen LogP contribution in [0.25, 0.3) is 10.8 Å². The smallest absolute Gasteiger partial charge is 0.294 e. The Hall–Kier alpha value is -3.08. The molecule has 0 aliphatic carbocycles. The van der Waals surface area contributed by atoms with Crippen molar-refractivity contribution >= 4 is 27.8 Å². The topological polar surface area (TPSA) is 81.2 Å². The molecule has 0 atom stereocenters. The van der Waals surface area contributed by atoms with Crippen LogP contribution >= 0.6 is 0 Å². The van der Waals surface area contributed by atoms with Crippen molar-refractivity contribution in [1.29, 1.82) is 0 Å². The van der Waals surface area contributed by atoms with Gasteiger partial charge < -0.3 is 11.1 Å². The number of nitro benzene ring substituents is 1. The number of hydrogen-bond donors (Lipinski definition) is 2. The highest BCUT2D eigenvalue weighted by molar-refractivity contribution is 5.83. The van der Waals surface area contributed by atoms with Crippen LogP contribution in [0.1, 0.15) is 5.56 Å². The lowest BCUT2D eigenvalue weighted by Crippen LogP contribution is -2.04. The Kier molecular flexibility index (Phi) is 3.62. The molecule has 0 amide bonds. The predicted molar refractivity (Wildman–Crippen MR) is 88.8 cm³/mol. The van der Waals surface area contributed by atoms with Gasteiger partial charge in [-0.15, -0.1) is 0 Å². The highest BCUT2D eigenvalue weighted by Gasteiger charge is 2.13. The lowest BCUT2D eigenvalue weighted by Gasteiger charge is -2.10. The van der Waals surface area contributed by atoms with E-state index in [2.05, 4.69) is 29.6 Å². The molecule has 5 heteroatoms. The summed E-state index contributed by atoms with van der Waals surface area (Å²) in [5.74, 6) is 0. The van der Waals surface area contributed by atoms with Crippen LogP contribution in [0, 0.1) is 10.1 Å². The van der Waals surface area contributed by atoms with Gasteiger partial charge in [0.25, 0.3) is 5.69 Å². The maximum atomic E-state index is 10.9. The Morgan fingerprint density at radius 2 is 1.77 bits per heavy atom. The molecule has 5 nitrogen and oxygen atoms in total. The average molecular weight is 293 g/mol. The Balaban J connectivity index is 1.82. The number of nitrogens with zero attached hydrogens (tertiary/aromatic N) is 1. The van der Waals surface area contributed by atoms with Crippen LogP contribution in [-0.4, -0.2) is 4.92 Å². The summed E-state index contributed by atoms with van der Waals surface area (Å²) >= 11 is 0. The summed E-state index contributed by atoms with van der Waals surface area (Å²) in [7, 11) is 0. The number of nitrogen functional groups attached to an aromatic ring is 1. The summed E-state index contributed by atoms with van der Waals surface area (Å²) in [4.78, 5) is 10.4. The van der Waals surface area contributed by atoms with Crippen LogP contribution in [0.5, 0.6) is 0 Å². The normalized spacial score (nSPS) is 10.5. The molecule has 0 aliphatic rings. The third-order valence-corrected chi connectivity index (χ3v) is 3.58. The van der Waals surface area contributed by atoms with Crippen LogP contribution < -0.4 is 11.1 Å². The zero-order chi connectivity index (χ0) is 15.5. The van der Waals surface area contributed by atoms with Gasteiger partial charge in [-0.25, -0.2) is 0 Å². The van der Waals surface area contributed by atoms with E-state index in [1.165, 1.54) is 11.5 Å². The molecule has 3 rings (SSSR count). The highest BCUT2D eigenvalue weighted by atomic mass is 16.6. The molecule has 3 aromatic rings. The molecule has 0 spiro atoms. The van der Waals surface area contributed by atoms with Crippen molar-refractivity contribution in [3.8, 4) is 0 Å². The van der Waals surface area contributed by atoms with Gasteiger partial charge in [0, 0.05) is 12.6 Å². The number of benzene rings is 3. The van der Waals surface area contributed by atoms with Gasteiger partial charge in [-0.1, -0.05) is 42.5 Å². The molecule has 0 unspecified atom stereocenters. The molecule has 22 heavy (non-hydrogen) atoms. The van der Waals surface area contributed by atoms with Gasteiger partial charge in [0.15, 0.2) is 0 Å². The molecule has 0 fully saturated rings. The maximum Gasteiger partial charge on any atom is 0.294 e. The monoisotopic (exact) mass is 293 g/mol. The largest absolute Gasteiger partial charge is 0.391 e. The molecule has 0 aromatic heterocycles. The number of para-hydroxylation sites is 1. The first-order chi connectivity index (χ1) is 10.6. The minimum atomic E-state index is -0.476. The fraction of sp³-hybridized carbons (Fsp3) is 0.0588. The molecule has 3 N–H and O–H groups in total. The molecule has 3 aromatic carbocycles. The number of anilines is 2. The quantitative estimate of drug-likeness (QED) is 0.433. The van der Waals surface area contributed by atoms with E-state index in [0.29, 0.717) is 12.2 Å². The average Bonchev–Trinajstić information content (AvgIpc) is 2.53. The highest BCUT2D eigenvalue weighted by Crippen LogP contribution is 2.29. The Bertz CT molecular complexity index is 846. The first kappa shape index (κ1) is 13.9. The number of hydrogen-bond acceptors (Lipinski definition) is 4. The second kappa shape index (κ2) is 5.73. The Morgan fingerprint density at radius 3 is 2.55 bits per heavy atom. The number of nitro groups is 1. The standard InChI is InChI=1S/C17H15N3O2/c18-17-15(6-3-7-16(17)20(21)22)19-11-12-8-9-13-4-1-2-5-14(13)10-12/h1-10,19H,11,18H2. The van der Waals surface area contributed by atoms with Gasteiger partial charge >= 0.3 is 0 Å². The van der Waals surface area contributed by atoms with E-state index in [4.69, 9.17) is 5.73 Å². The zero-order valence-corrected chi connectivity index (χ0v) is 11.8. The number of fused-ring (bicyclic) bond motifs is 1. The molecular weight excluding hydrogens is 278 g/mol. The molecular formula is C17H15N3O2. The van der Waals surface area contributed by atoms with Gasteiger partial charge in [0.05, 0.1) is 10.6 Å². The van der Waals surface area contributed by atoms with Crippen molar-refractivity contribution in [3.05, 3.63) is 76.3 Å². The van der Waals surface area contributed by atoms with Gasteiger partial charge in [-0.3, -0.25) is 10.1 Å². The van der Waals surface area contributed by atoms with Gasteiger partial charge in [-0.2, -0.15) is 0 Å². The maximum absolute atomic E-state index is 10.9. The molecule has 0 aliphatic heterocycles. The van der Waals surface area contributed by atoms with Crippen molar-refractivity contribution in [2.24, 2.45) is 0 Å². The fourth-order valence-electron chi connectivity index (χ4n) is 2.41. The minimum Gasteiger partial charge on any atom is -0.391 e. The van der Waals surface area contributed by atoms with Crippen molar-refractivity contribution in [2.75, 3.05) is 11.1 Å². The van der Waals surface area contributed by atoms with Crippen LogP contribution in [0.4, 0.5) is 17.1 Å². The molecule has 0 saturated heterocycles. The Labute approximate surface area is 127 Å². The summed E-state index contributed by atoms with van der Waals surface area (Å²) in [6, 6.07) is 19.1. The Morgan fingerprint density at radius 1 is 1.00 bits per heavy atom. The lowest BCUT2D eigenvalue weighted by atomic mass is 10.1. The predicted octanol–water partition coefficient (Wildman–Crippen LogP) is 3.94. The fourth-order valence-corrected chi connectivity index (χ4v) is 2.41. The van der Waals surface area contributed by atoms with E-state index >= 15 is 0 Å². The molecule has 0 saturated carbocycles. The molecule has 0 heterocycles. The zero-order valence-electron chi connectivity index (χ0n) is 11.8. The van der Waals surface area contributed by atoms with Crippen molar-refractivity contribution < 1.29 is 4.92 Å². The first-order valence-corrected chi connectivity index (χ1v) is 6.89. The lowest BCUT2D eigenvalue weighted by molar-refractivity contribution is -0.383. The van der Waals surface area contributed by atoms with Crippen LogP contribution in [0.3, 0.4) is 0 Å². The molecule has 0 bridgehead atoms. The van der Waals surface area contributed by atoms with E-state index in [1.54, 1.807) is 12.1 Å². The molecule has 110 valence electrons. The third-order valence-electron chi connectivity index (χ3n) is 3.58. The summed E-state index contributed by atoms with van der Waals surface area (Å²) in [5.41, 5.74) is 7.57. The van der Waals surface area contributed by atoms with Crippen molar-refractivity contribution in [2.45, 2.75) is 6.54 Å². The van der Waals surface area contributed by atoms with E-state index in [0.717, 1.165) is 10.9 Å². The van der Waals surface area contributed by atoms with Gasteiger partial charge in [-0.05, 0) is 28.5 Å². The second-order valence-corrected chi connectivity index (χ2v) is 5.03. The molecule has 0 radical (unpaired) electrons. The number of nitrogens with one attached hydrogen (secondary N) is 1. The SMILES string of the molecule is Nc1c(NCc2ccc3ccccc3c2)cccc1[N+](=O)[O-]. The van der Waals surface area contributed by atoms with Crippen molar-refractivity contribution in [1.82, 2.24) is 0 Å². The van der Waals surface area contributed by atoms with E-state index < -0.39 is 4.92 Å². The minimum absolute atomic E-state index is 0.0801. The van der Waals surface area contributed by atoms with Gasteiger partial charge in [0.2, 0.25) is 0 Å².